The summed E-state index contributed by atoms with van der Waals surface area (Å²) in [5, 5.41) is 2.74. The predicted molar refractivity (Wildman–Crippen MR) is 84.8 cm³/mol. The SMILES string of the molecule is CC(=O)Oc1ccc(C(=O)N[C@@H](C(N)=O)C2CCCCC2)cc1. The molecule has 1 aliphatic rings. The zero-order chi connectivity index (χ0) is 16.8. The van der Waals surface area contributed by atoms with E-state index < -0.39 is 17.9 Å². The van der Waals surface area contributed by atoms with E-state index >= 15 is 0 Å². The Morgan fingerprint density at radius 1 is 1.13 bits per heavy atom. The molecule has 3 N–H and O–H groups in total. The molecule has 0 aliphatic heterocycles. The number of nitrogens with two attached hydrogens (primary N) is 1. The van der Waals surface area contributed by atoms with Crippen LogP contribution in [0.15, 0.2) is 24.3 Å². The summed E-state index contributed by atoms with van der Waals surface area (Å²) in [4.78, 5) is 34.9. The van der Waals surface area contributed by atoms with Crippen LogP contribution in [-0.4, -0.2) is 23.8 Å². The maximum atomic E-state index is 12.3. The van der Waals surface area contributed by atoms with Crippen LogP contribution >= 0.6 is 0 Å². The maximum Gasteiger partial charge on any atom is 0.308 e. The number of nitrogens with one attached hydrogen (secondary N) is 1. The smallest absolute Gasteiger partial charge is 0.308 e. The van der Waals surface area contributed by atoms with Gasteiger partial charge in [-0.1, -0.05) is 19.3 Å². The third-order valence-electron chi connectivity index (χ3n) is 4.09. The number of carbonyl (C=O) groups is 3. The van der Waals surface area contributed by atoms with E-state index in [0.717, 1.165) is 32.1 Å². The Labute approximate surface area is 135 Å². The van der Waals surface area contributed by atoms with Crippen molar-refractivity contribution in [3.05, 3.63) is 29.8 Å². The summed E-state index contributed by atoms with van der Waals surface area (Å²) in [6.45, 7) is 1.31. The highest BCUT2D eigenvalue weighted by Crippen LogP contribution is 2.26. The third-order valence-corrected chi connectivity index (χ3v) is 4.09. The van der Waals surface area contributed by atoms with Crippen LogP contribution in [0.4, 0.5) is 0 Å². The number of amides is 2. The third kappa shape index (κ3) is 4.81. The molecule has 2 amide bonds. The van der Waals surface area contributed by atoms with Gasteiger partial charge in [0.1, 0.15) is 11.8 Å². The molecule has 1 atom stereocenters. The van der Waals surface area contributed by atoms with Crippen molar-refractivity contribution in [2.45, 2.75) is 45.1 Å². The fourth-order valence-electron chi connectivity index (χ4n) is 2.95. The standard InChI is InChI=1S/C17H22N2O4/c1-11(20)23-14-9-7-13(8-10-14)17(22)19-15(16(18)21)12-5-3-2-4-6-12/h7-10,12,15H,2-6H2,1H3,(H2,18,21)(H,19,22)/t15-/m1/s1. The monoisotopic (exact) mass is 318 g/mol. The van der Waals surface area contributed by atoms with Gasteiger partial charge in [0.15, 0.2) is 0 Å². The molecular weight excluding hydrogens is 296 g/mol. The van der Waals surface area contributed by atoms with Gasteiger partial charge in [-0.15, -0.1) is 0 Å². The van der Waals surface area contributed by atoms with Gasteiger partial charge >= 0.3 is 5.97 Å². The van der Waals surface area contributed by atoms with Crippen molar-refractivity contribution >= 4 is 17.8 Å². The molecule has 124 valence electrons. The number of hydrogen-bond acceptors (Lipinski definition) is 4. The van der Waals surface area contributed by atoms with E-state index in [-0.39, 0.29) is 11.8 Å². The first kappa shape index (κ1) is 17.0. The summed E-state index contributed by atoms with van der Waals surface area (Å²) in [5.41, 5.74) is 5.85. The Bertz CT molecular complexity index is 577. The van der Waals surface area contributed by atoms with Crippen LogP contribution < -0.4 is 15.8 Å². The highest BCUT2D eigenvalue weighted by Gasteiger charge is 2.29. The number of rotatable bonds is 5. The molecule has 0 radical (unpaired) electrons. The van der Waals surface area contributed by atoms with E-state index in [2.05, 4.69) is 5.32 Å². The summed E-state index contributed by atoms with van der Waals surface area (Å²) >= 11 is 0. The van der Waals surface area contributed by atoms with Gasteiger partial charge in [0.2, 0.25) is 5.91 Å². The molecule has 1 saturated carbocycles. The Morgan fingerprint density at radius 2 is 1.74 bits per heavy atom. The van der Waals surface area contributed by atoms with Gasteiger partial charge in [0, 0.05) is 12.5 Å². The minimum atomic E-state index is -0.643. The van der Waals surface area contributed by atoms with Crippen LogP contribution in [0, 0.1) is 5.92 Å². The zero-order valence-electron chi connectivity index (χ0n) is 13.2. The normalized spacial score (nSPS) is 16.4. The van der Waals surface area contributed by atoms with Gasteiger partial charge in [0.25, 0.3) is 5.91 Å². The second-order valence-corrected chi connectivity index (χ2v) is 5.87. The molecular formula is C17H22N2O4. The van der Waals surface area contributed by atoms with E-state index in [1.54, 1.807) is 12.1 Å². The maximum absolute atomic E-state index is 12.3. The van der Waals surface area contributed by atoms with E-state index in [1.165, 1.54) is 19.1 Å². The summed E-state index contributed by atoms with van der Waals surface area (Å²) in [7, 11) is 0. The predicted octanol–water partition coefficient (Wildman–Crippen LogP) is 1.78. The summed E-state index contributed by atoms with van der Waals surface area (Å²) in [6.07, 6.45) is 5.08. The molecule has 0 bridgehead atoms. The lowest BCUT2D eigenvalue weighted by Crippen LogP contribution is -2.49. The van der Waals surface area contributed by atoms with E-state index in [9.17, 15) is 14.4 Å². The van der Waals surface area contributed by atoms with Crippen molar-refractivity contribution in [3.8, 4) is 5.75 Å². The van der Waals surface area contributed by atoms with Crippen molar-refractivity contribution in [2.24, 2.45) is 11.7 Å². The van der Waals surface area contributed by atoms with Crippen LogP contribution in [0.3, 0.4) is 0 Å². The Kier molecular flexibility index (Phi) is 5.73. The number of carbonyl (C=O) groups excluding carboxylic acids is 3. The van der Waals surface area contributed by atoms with Crippen molar-refractivity contribution in [1.82, 2.24) is 5.32 Å². The number of benzene rings is 1. The van der Waals surface area contributed by atoms with Crippen LogP contribution in [-0.2, 0) is 9.59 Å². The molecule has 0 heterocycles. The lowest BCUT2D eigenvalue weighted by atomic mass is 9.83. The number of ether oxygens (including phenoxy) is 1. The number of hydrogen-bond donors (Lipinski definition) is 2. The van der Waals surface area contributed by atoms with E-state index in [4.69, 9.17) is 10.5 Å². The fraction of sp³-hybridized carbons (Fsp3) is 0.471. The van der Waals surface area contributed by atoms with E-state index in [1.807, 2.05) is 0 Å². The van der Waals surface area contributed by atoms with Crippen LogP contribution in [0.2, 0.25) is 0 Å². The molecule has 0 spiro atoms. The van der Waals surface area contributed by atoms with Gasteiger partial charge in [-0.2, -0.15) is 0 Å². The first-order valence-electron chi connectivity index (χ1n) is 7.86. The molecule has 6 nitrogen and oxygen atoms in total. The molecule has 0 unspecified atom stereocenters. The summed E-state index contributed by atoms with van der Waals surface area (Å²) in [6, 6.07) is 5.53. The second kappa shape index (κ2) is 7.76. The average molecular weight is 318 g/mol. The van der Waals surface area contributed by atoms with Gasteiger partial charge in [0.05, 0.1) is 0 Å². The van der Waals surface area contributed by atoms with Crippen LogP contribution in [0.25, 0.3) is 0 Å². The zero-order valence-corrected chi connectivity index (χ0v) is 13.2. The highest BCUT2D eigenvalue weighted by atomic mass is 16.5. The van der Waals surface area contributed by atoms with Gasteiger partial charge in [-0.05, 0) is 43.0 Å². The lowest BCUT2D eigenvalue weighted by Gasteiger charge is -2.28. The molecule has 1 aromatic carbocycles. The topological polar surface area (TPSA) is 98.5 Å². The Balaban J connectivity index is 2.03. The molecule has 0 saturated heterocycles. The van der Waals surface area contributed by atoms with Crippen molar-refractivity contribution < 1.29 is 19.1 Å². The molecule has 1 fully saturated rings. The minimum absolute atomic E-state index is 0.102. The number of esters is 1. The minimum Gasteiger partial charge on any atom is -0.427 e. The molecule has 23 heavy (non-hydrogen) atoms. The molecule has 1 aromatic rings. The quantitative estimate of drug-likeness (QED) is 0.638. The van der Waals surface area contributed by atoms with Crippen molar-refractivity contribution in [2.75, 3.05) is 0 Å². The fourth-order valence-corrected chi connectivity index (χ4v) is 2.95. The Hall–Kier alpha value is -2.37. The van der Waals surface area contributed by atoms with Crippen molar-refractivity contribution in [3.63, 3.8) is 0 Å². The molecule has 6 heteroatoms. The number of primary amides is 1. The van der Waals surface area contributed by atoms with Crippen LogP contribution in [0.5, 0.6) is 5.75 Å². The Morgan fingerprint density at radius 3 is 2.26 bits per heavy atom. The van der Waals surface area contributed by atoms with Gasteiger partial charge < -0.3 is 15.8 Å². The van der Waals surface area contributed by atoms with Crippen molar-refractivity contribution in [1.29, 1.82) is 0 Å². The molecule has 2 rings (SSSR count). The largest absolute Gasteiger partial charge is 0.427 e. The van der Waals surface area contributed by atoms with E-state index in [0.29, 0.717) is 11.3 Å². The first-order valence-corrected chi connectivity index (χ1v) is 7.86. The van der Waals surface area contributed by atoms with Gasteiger partial charge in [-0.3, -0.25) is 14.4 Å². The summed E-state index contributed by atoms with van der Waals surface area (Å²) in [5.74, 6) is -0.804. The average Bonchev–Trinajstić information content (AvgIpc) is 2.53. The second-order valence-electron chi connectivity index (χ2n) is 5.87. The molecule has 1 aliphatic carbocycles. The first-order chi connectivity index (χ1) is 11.0. The highest BCUT2D eigenvalue weighted by molar-refractivity contribution is 5.97. The van der Waals surface area contributed by atoms with Gasteiger partial charge in [-0.25, -0.2) is 0 Å². The summed E-state index contributed by atoms with van der Waals surface area (Å²) < 4.78 is 4.92. The lowest BCUT2D eigenvalue weighted by molar-refractivity contribution is -0.131. The van der Waals surface area contributed by atoms with Crippen LogP contribution in [0.1, 0.15) is 49.4 Å². The molecule has 0 aromatic heterocycles.